The summed E-state index contributed by atoms with van der Waals surface area (Å²) in [6.45, 7) is 24.5. The lowest BCUT2D eigenvalue weighted by Gasteiger charge is -2.42. The number of rotatable bonds is 18. The highest BCUT2D eigenvalue weighted by Crippen LogP contribution is 2.65. The molecule has 0 fully saturated rings. The van der Waals surface area contributed by atoms with E-state index in [1.54, 1.807) is 11.1 Å². The van der Waals surface area contributed by atoms with Crippen molar-refractivity contribution in [2.24, 2.45) is 11.8 Å². The van der Waals surface area contributed by atoms with Crippen LogP contribution in [0.4, 0.5) is 0 Å². The Bertz CT molecular complexity index is 6740. The van der Waals surface area contributed by atoms with Gasteiger partial charge in [0.15, 0.2) is 0 Å². The fourth-order valence-corrected chi connectivity index (χ4v) is 23.8. The fraction of sp³-hybridized carbons (Fsp3) is 0.274. The van der Waals surface area contributed by atoms with E-state index >= 15 is 0 Å². The monoisotopic (exact) mass is 1510 g/mol. The summed E-state index contributed by atoms with van der Waals surface area (Å²) in [4.78, 5) is 0. The lowest BCUT2D eigenvalue weighted by Crippen LogP contribution is -2.45. The zero-order chi connectivity index (χ0) is 78.5. The van der Waals surface area contributed by atoms with Gasteiger partial charge in [0.25, 0.3) is 0 Å². The first kappa shape index (κ1) is 71.3. The molecular formula is C113H102O3. The van der Waals surface area contributed by atoms with E-state index in [0.717, 1.165) is 50.8 Å². The minimum Gasteiger partial charge on any atom is -0.485 e. The third kappa shape index (κ3) is 10.4. The van der Waals surface area contributed by atoms with Crippen molar-refractivity contribution in [1.82, 2.24) is 0 Å². The third-order valence-corrected chi connectivity index (χ3v) is 29.7. The molecule has 22 rings (SSSR count). The number of hydrogen-bond acceptors (Lipinski definition) is 3. The molecule has 116 heavy (non-hydrogen) atoms. The van der Waals surface area contributed by atoms with Gasteiger partial charge in [0, 0.05) is 78.2 Å². The minimum atomic E-state index is -0.384. The second-order valence-corrected chi connectivity index (χ2v) is 37.5. The molecule has 7 aliphatic carbocycles. The molecule has 3 atom stereocenters. The van der Waals surface area contributed by atoms with Crippen LogP contribution in [0.15, 0.2) is 264 Å². The molecule has 3 heterocycles. The lowest BCUT2D eigenvalue weighted by molar-refractivity contribution is 0.256. The van der Waals surface area contributed by atoms with Crippen molar-refractivity contribution >= 4 is 61.3 Å². The number of benzene rings is 12. The van der Waals surface area contributed by atoms with Gasteiger partial charge >= 0.3 is 0 Å². The van der Waals surface area contributed by atoms with Crippen LogP contribution in [-0.2, 0) is 27.1 Å². The molecule has 0 amide bonds. The summed E-state index contributed by atoms with van der Waals surface area (Å²) >= 11 is 0. The van der Waals surface area contributed by atoms with Crippen molar-refractivity contribution in [3.05, 3.63) is 343 Å². The zero-order valence-corrected chi connectivity index (χ0v) is 69.0. The van der Waals surface area contributed by atoms with Crippen LogP contribution in [0.2, 0.25) is 0 Å². The van der Waals surface area contributed by atoms with Gasteiger partial charge in [0.2, 0.25) is 0 Å². The third-order valence-electron chi connectivity index (χ3n) is 29.7. The Kier molecular flexibility index (Phi) is 16.2. The molecule has 8 aliphatic rings. The quantitative estimate of drug-likeness (QED) is 0.0634. The summed E-state index contributed by atoms with van der Waals surface area (Å²) in [6.07, 6.45) is 25.5. The molecule has 0 saturated carbocycles. The Balaban J connectivity index is 0.608. The van der Waals surface area contributed by atoms with E-state index in [2.05, 4.69) is 330 Å². The summed E-state index contributed by atoms with van der Waals surface area (Å²) < 4.78 is 21.0. The Morgan fingerprint density at radius 2 is 0.931 bits per heavy atom. The molecule has 572 valence electrons. The molecule has 12 aromatic carbocycles. The highest BCUT2D eigenvalue weighted by molar-refractivity contribution is 6.19. The molecule has 0 spiro atoms. The number of fused-ring (bicyclic) bond motifs is 26. The first-order valence-electron chi connectivity index (χ1n) is 43.6. The topological polar surface area (TPSA) is 35.5 Å². The van der Waals surface area contributed by atoms with Crippen LogP contribution in [0, 0.1) is 11.8 Å². The van der Waals surface area contributed by atoms with Crippen molar-refractivity contribution in [1.29, 1.82) is 0 Å². The van der Waals surface area contributed by atoms with E-state index in [-0.39, 0.29) is 45.0 Å². The molecule has 14 aromatic rings. The Hall–Kier alpha value is -11.3. The fourth-order valence-electron chi connectivity index (χ4n) is 23.8. The molecule has 0 bridgehead atoms. The molecule has 3 heteroatoms. The molecule has 0 radical (unpaired) electrons. The van der Waals surface area contributed by atoms with Crippen molar-refractivity contribution in [2.45, 2.75) is 186 Å². The van der Waals surface area contributed by atoms with E-state index in [0.29, 0.717) is 0 Å². The highest BCUT2D eigenvalue weighted by atomic mass is 16.5. The molecule has 0 N–H and O–H groups in total. The molecular weight excluding hydrogens is 1410 g/mol. The van der Waals surface area contributed by atoms with Crippen molar-refractivity contribution < 1.29 is 13.6 Å². The minimum absolute atomic E-state index is 0.0261. The second-order valence-electron chi connectivity index (χ2n) is 37.5. The van der Waals surface area contributed by atoms with E-state index in [1.165, 1.54) is 238 Å². The van der Waals surface area contributed by atoms with Crippen LogP contribution < -0.4 is 15.4 Å². The predicted molar refractivity (Wildman–Crippen MR) is 484 cm³/mol. The van der Waals surface area contributed by atoms with Gasteiger partial charge in [-0.25, -0.2) is 0 Å². The van der Waals surface area contributed by atoms with E-state index < -0.39 is 0 Å². The maximum absolute atomic E-state index is 7.17. The van der Waals surface area contributed by atoms with Gasteiger partial charge in [-0.05, 0) is 229 Å². The van der Waals surface area contributed by atoms with Crippen LogP contribution in [0.3, 0.4) is 0 Å². The van der Waals surface area contributed by atoms with Crippen molar-refractivity contribution in [3.8, 4) is 72.5 Å². The van der Waals surface area contributed by atoms with E-state index in [1.807, 2.05) is 0 Å². The Morgan fingerprint density at radius 3 is 1.66 bits per heavy atom. The van der Waals surface area contributed by atoms with Crippen LogP contribution >= 0.6 is 0 Å². The summed E-state index contributed by atoms with van der Waals surface area (Å²) in [5, 5.41) is 4.81. The van der Waals surface area contributed by atoms with Crippen LogP contribution in [0.5, 0.6) is 5.75 Å². The summed E-state index contributed by atoms with van der Waals surface area (Å²) in [6, 6.07) is 91.7. The number of ether oxygens (including phenoxy) is 1. The molecule has 0 saturated heterocycles. The number of para-hydroxylation sites is 2. The van der Waals surface area contributed by atoms with Gasteiger partial charge in [0.1, 0.15) is 34.0 Å². The van der Waals surface area contributed by atoms with E-state index in [4.69, 9.17) is 13.6 Å². The Morgan fingerprint density at radius 1 is 0.397 bits per heavy atom. The van der Waals surface area contributed by atoms with Crippen molar-refractivity contribution in [3.63, 3.8) is 0 Å². The lowest BCUT2D eigenvalue weighted by atomic mass is 9.60. The molecule has 3 nitrogen and oxygen atoms in total. The molecule has 3 unspecified atom stereocenters. The first-order valence-corrected chi connectivity index (χ1v) is 43.6. The van der Waals surface area contributed by atoms with Crippen LogP contribution in [0.1, 0.15) is 231 Å². The number of allylic oxidation sites excluding steroid dienone is 2. The average Bonchev–Trinajstić information content (AvgIpc) is 1.50. The average molecular weight is 1510 g/mol. The maximum atomic E-state index is 7.17. The van der Waals surface area contributed by atoms with Gasteiger partial charge in [-0.3, -0.25) is 0 Å². The van der Waals surface area contributed by atoms with Gasteiger partial charge in [-0.1, -0.05) is 334 Å². The second kappa shape index (κ2) is 26.4. The highest BCUT2D eigenvalue weighted by Gasteiger charge is 2.58. The predicted octanol–water partition coefficient (Wildman–Crippen LogP) is 28.9. The first-order chi connectivity index (χ1) is 56.4. The largest absolute Gasteiger partial charge is 0.485 e. The van der Waals surface area contributed by atoms with Crippen LogP contribution in [0.25, 0.3) is 128 Å². The number of unbranched alkanes of at least 4 members (excludes halogenated alkanes) is 8. The zero-order valence-electron chi connectivity index (χ0n) is 69.0. The smallest absolute Gasteiger partial charge is 0.143 e. The molecule has 1 aliphatic heterocycles. The number of furan rings is 2. The SMILES string of the molecule is CCCCCCCC1(CCCCCCC)c2ccccc2-c2ccc(-c3ccc4c(c3)C(C)(C)c3cc(-c5ccc(-c6cc7c(c8c6oc6ccccc68)-c6ccc(/C(=C/c8ccc9c(c8)C(C)(C)C8C9=c9oc%10ccccc%10c9=C9c%10ccccc%10C(C)(C)C98)c8ccc9c(c8)C8=CC=CCC8O9)cc6C7(C)C)cc5)ccc3-4)cc21. The summed E-state index contributed by atoms with van der Waals surface area (Å²) in [5.74, 6) is 1.39. The summed E-state index contributed by atoms with van der Waals surface area (Å²) in [5.41, 5.74) is 42.4. The van der Waals surface area contributed by atoms with Crippen molar-refractivity contribution in [2.75, 3.05) is 0 Å². The van der Waals surface area contributed by atoms with Gasteiger partial charge in [-0.2, -0.15) is 0 Å². The van der Waals surface area contributed by atoms with Gasteiger partial charge < -0.3 is 13.6 Å². The normalized spacial score (nSPS) is 18.8. The van der Waals surface area contributed by atoms with E-state index in [9.17, 15) is 0 Å². The van der Waals surface area contributed by atoms with Crippen LogP contribution in [-0.4, -0.2) is 6.10 Å². The molecule has 2 aromatic heterocycles. The summed E-state index contributed by atoms with van der Waals surface area (Å²) in [7, 11) is 0. The standard InChI is InChI=1S/C113H102O3/c1-11-13-15-17-29-57-113(58-30-18-16-14-12-2)89-37-25-19-31-75(89)78-54-48-72(64-94(78)113)71-47-53-77-76-52-46-70(62-91(76)109(3,4)92(77)63-71)68-42-44-69(45-43-68)86-66-95-100(102-83-34-22-27-39-97(83)115-107(86)102)81-55-49-74(65-93(81)110(95,5)6)85(73-50-56-99-87(61-73)79-32-21-26-38-96(79)114-99)59-67-41-51-82-90(60-67)112(9,10)106-104(82)108-103(84-35-23-28-40-98(84)116-108)101-80-33-20-24-36-88(80)111(7,8)105(101)106/h19-28,31-37,39-56,59-66,96,105-106H,11-18,29-30,38,57-58H2,1-10H3/b85-59+. The maximum Gasteiger partial charge on any atom is 0.143 e. The number of hydrogen-bond donors (Lipinski definition) is 0. The Labute approximate surface area is 683 Å². The van der Waals surface area contributed by atoms with Gasteiger partial charge in [0.05, 0.1) is 0 Å². The van der Waals surface area contributed by atoms with Gasteiger partial charge in [-0.15, -0.1) is 0 Å².